The van der Waals surface area contributed by atoms with E-state index in [0.29, 0.717) is 0 Å². The minimum absolute atomic E-state index is 0.0193. The number of hydrogen-bond donors (Lipinski definition) is 0. The van der Waals surface area contributed by atoms with Crippen molar-refractivity contribution in [2.75, 3.05) is 14.2 Å². The normalized spacial score (nSPS) is 29.7. The van der Waals surface area contributed by atoms with Crippen molar-refractivity contribution in [3.63, 3.8) is 0 Å². The fraction of sp³-hybridized carbons (Fsp3) is 0.765. The number of carbonyl (C=O) groups excluding carboxylic acids is 2. The first-order valence-electron chi connectivity index (χ1n) is 8.77. The van der Waals surface area contributed by atoms with Crippen molar-refractivity contribution in [2.45, 2.75) is 57.6 Å². The van der Waals surface area contributed by atoms with Crippen LogP contribution in [0.3, 0.4) is 0 Å². The first-order chi connectivity index (χ1) is 11.5. The summed E-state index contributed by atoms with van der Waals surface area (Å²) in [5, 5.41) is 0.0373. The van der Waals surface area contributed by atoms with E-state index >= 15 is 0 Å². The van der Waals surface area contributed by atoms with Gasteiger partial charge in [0.15, 0.2) is 0 Å². The number of carbonyl (C=O) groups is 2. The lowest BCUT2D eigenvalue weighted by Crippen LogP contribution is -2.66. The summed E-state index contributed by atoms with van der Waals surface area (Å²) in [7, 11) is 0.631. The molecule has 0 N–H and O–H groups in total. The number of methoxy groups -OCH3 is 2. The van der Waals surface area contributed by atoms with Crippen molar-refractivity contribution in [2.24, 2.45) is 11.8 Å². The first kappa shape index (κ1) is 20.2. The van der Waals surface area contributed by atoms with Gasteiger partial charge in [-0.25, -0.2) is 4.97 Å². The number of rotatable bonds is 4. The predicted molar refractivity (Wildman–Crippen MR) is 99.4 cm³/mol. The summed E-state index contributed by atoms with van der Waals surface area (Å²) in [4.78, 5) is 26.8. The molecule has 25 heavy (non-hydrogen) atoms. The summed E-state index contributed by atoms with van der Waals surface area (Å²) in [6.07, 6.45) is 3.99. The van der Waals surface area contributed by atoms with Crippen LogP contribution in [-0.4, -0.2) is 52.3 Å². The fourth-order valence-electron chi connectivity index (χ4n) is 3.48. The van der Waals surface area contributed by atoms with Gasteiger partial charge in [-0.05, 0) is 23.9 Å². The molecule has 0 aromatic carbocycles. The van der Waals surface area contributed by atoms with E-state index < -0.39 is 26.1 Å². The molecule has 0 spiro atoms. The van der Waals surface area contributed by atoms with E-state index in [1.165, 1.54) is 14.2 Å². The van der Waals surface area contributed by atoms with Crippen LogP contribution in [0.25, 0.3) is 0 Å². The largest absolute Gasteiger partial charge is 0.469 e. The van der Waals surface area contributed by atoms with Gasteiger partial charge in [0.25, 0.3) is 6.85 Å². The number of fused-ring (bicyclic) bond motifs is 2. The minimum Gasteiger partial charge on any atom is -0.469 e. The Bertz CT molecular complexity index is 574. The SMILES string of the molecule is COC(=O)[C@@H]1C2C=CC(B(C)N2O[Si](C)(C)C(C)(C)C)[C@@H]1C(=O)OC. The maximum Gasteiger partial charge on any atom is 0.311 e. The lowest BCUT2D eigenvalue weighted by Gasteiger charge is -2.54. The number of ether oxygens (including phenoxy) is 2. The predicted octanol–water partition coefficient (Wildman–Crippen LogP) is 2.75. The van der Waals surface area contributed by atoms with Crippen LogP contribution in [0, 0.1) is 11.8 Å². The van der Waals surface area contributed by atoms with Crippen LogP contribution in [0.4, 0.5) is 0 Å². The van der Waals surface area contributed by atoms with E-state index in [4.69, 9.17) is 14.0 Å². The molecule has 8 heteroatoms. The van der Waals surface area contributed by atoms with Gasteiger partial charge >= 0.3 is 11.9 Å². The zero-order chi connectivity index (χ0) is 19.2. The van der Waals surface area contributed by atoms with Crippen molar-refractivity contribution in [1.82, 2.24) is 4.97 Å². The molecule has 4 atom stereocenters. The van der Waals surface area contributed by atoms with Crippen LogP contribution in [0.2, 0.25) is 30.8 Å². The molecule has 1 fully saturated rings. The summed E-state index contributed by atoms with van der Waals surface area (Å²) < 4.78 is 16.5. The molecular weight excluding hydrogens is 337 g/mol. The lowest BCUT2D eigenvalue weighted by atomic mass is 9.41. The summed E-state index contributed by atoms with van der Waals surface area (Å²) in [6.45, 7) is 12.9. The first-order valence-corrected chi connectivity index (χ1v) is 11.7. The van der Waals surface area contributed by atoms with Crippen LogP contribution in [0.5, 0.6) is 0 Å². The monoisotopic (exact) mass is 367 g/mol. The number of nitrogens with zero attached hydrogens (tertiary/aromatic N) is 1. The Kier molecular flexibility index (Phi) is 5.56. The van der Waals surface area contributed by atoms with Gasteiger partial charge in [0.1, 0.15) is 0 Å². The molecule has 0 saturated carbocycles. The summed E-state index contributed by atoms with van der Waals surface area (Å²) in [5.74, 6) is -2.07. The summed E-state index contributed by atoms with van der Waals surface area (Å²) in [6, 6.07) is -0.328. The third kappa shape index (κ3) is 3.44. The third-order valence-corrected chi connectivity index (χ3v) is 10.3. The van der Waals surface area contributed by atoms with Gasteiger partial charge in [-0.2, -0.15) is 0 Å². The highest BCUT2D eigenvalue weighted by atomic mass is 28.4. The average Bonchev–Trinajstić information content (AvgIpc) is 2.54. The highest BCUT2D eigenvalue weighted by Gasteiger charge is 2.58. The van der Waals surface area contributed by atoms with Gasteiger partial charge in [-0.3, -0.25) is 9.59 Å². The van der Waals surface area contributed by atoms with Gasteiger partial charge in [-0.1, -0.05) is 39.7 Å². The van der Waals surface area contributed by atoms with Gasteiger partial charge in [0.2, 0.25) is 8.32 Å². The van der Waals surface area contributed by atoms with E-state index in [2.05, 4.69) is 33.9 Å². The standard InChI is InChI=1S/C17H30BNO5Si/c1-17(2,3)25(7,8)24-19-12-10-9-11(18(19)4)13(15(20)22-5)14(12)16(21)23-6/h9-14H,1-8H3/t11?,12?,13-,14+/m0/s1. The molecule has 0 aromatic heterocycles. The minimum atomic E-state index is -2.08. The highest BCUT2D eigenvalue weighted by Crippen LogP contribution is 2.48. The zero-order valence-electron chi connectivity index (χ0n) is 16.5. The second kappa shape index (κ2) is 6.89. The van der Waals surface area contributed by atoms with E-state index in [-0.39, 0.29) is 29.7 Å². The zero-order valence-corrected chi connectivity index (χ0v) is 17.5. The highest BCUT2D eigenvalue weighted by molar-refractivity contribution is 6.74. The van der Waals surface area contributed by atoms with Gasteiger partial charge < -0.3 is 14.0 Å². The Labute approximate surface area is 152 Å². The maximum absolute atomic E-state index is 12.5. The van der Waals surface area contributed by atoms with Crippen molar-refractivity contribution in [3.8, 4) is 0 Å². The van der Waals surface area contributed by atoms with Crippen LogP contribution in [0.15, 0.2) is 12.2 Å². The Morgan fingerprint density at radius 1 is 1.04 bits per heavy atom. The average molecular weight is 367 g/mol. The molecule has 6 nitrogen and oxygen atoms in total. The Balaban J connectivity index is 2.40. The molecule has 140 valence electrons. The third-order valence-electron chi connectivity index (χ3n) is 6.04. The van der Waals surface area contributed by atoms with Crippen LogP contribution in [0.1, 0.15) is 20.8 Å². The molecule has 2 aliphatic heterocycles. The molecule has 2 unspecified atom stereocenters. The molecule has 0 radical (unpaired) electrons. The van der Waals surface area contributed by atoms with Gasteiger partial charge in [0.05, 0.1) is 32.1 Å². The lowest BCUT2D eigenvalue weighted by molar-refractivity contribution is -0.166. The van der Waals surface area contributed by atoms with E-state index in [1.807, 2.05) is 23.9 Å². The van der Waals surface area contributed by atoms with E-state index in [1.54, 1.807) is 0 Å². The molecule has 3 aliphatic rings. The number of allylic oxidation sites excluding steroid dienone is 1. The number of hydrogen-bond acceptors (Lipinski definition) is 6. The molecule has 3 rings (SSSR count). The van der Waals surface area contributed by atoms with Crippen molar-refractivity contribution in [1.29, 1.82) is 0 Å². The summed E-state index contributed by atoms with van der Waals surface area (Å²) in [5.41, 5.74) is 0. The molecule has 0 aromatic rings. The molecular formula is C17H30BNO5Si. The second-order valence-electron chi connectivity index (χ2n) is 8.50. The smallest absolute Gasteiger partial charge is 0.311 e. The van der Waals surface area contributed by atoms with Crippen LogP contribution < -0.4 is 0 Å². The van der Waals surface area contributed by atoms with Crippen molar-refractivity contribution in [3.05, 3.63) is 12.2 Å². The van der Waals surface area contributed by atoms with Crippen molar-refractivity contribution < 1.29 is 23.6 Å². The molecule has 2 heterocycles. The van der Waals surface area contributed by atoms with E-state index in [0.717, 1.165) is 0 Å². The molecule has 2 bridgehead atoms. The Morgan fingerprint density at radius 2 is 1.56 bits per heavy atom. The fourth-order valence-corrected chi connectivity index (χ4v) is 4.57. The quantitative estimate of drug-likeness (QED) is 0.433. The summed E-state index contributed by atoms with van der Waals surface area (Å²) >= 11 is 0. The topological polar surface area (TPSA) is 65.1 Å². The molecule has 0 amide bonds. The van der Waals surface area contributed by atoms with Crippen molar-refractivity contribution >= 4 is 27.1 Å². The Morgan fingerprint density at radius 3 is 2.04 bits per heavy atom. The maximum atomic E-state index is 12.5. The van der Waals surface area contributed by atoms with E-state index in [9.17, 15) is 9.59 Å². The van der Waals surface area contributed by atoms with Gasteiger partial charge in [0, 0.05) is 0 Å². The number of esters is 2. The van der Waals surface area contributed by atoms with Crippen LogP contribution >= 0.6 is 0 Å². The number of hydroxylamine groups is 1. The second-order valence-corrected chi connectivity index (χ2v) is 13.2. The van der Waals surface area contributed by atoms with Crippen LogP contribution in [-0.2, 0) is 23.6 Å². The van der Waals surface area contributed by atoms with Gasteiger partial charge in [-0.15, -0.1) is 0 Å². The molecule has 1 aliphatic carbocycles. The molecule has 1 saturated heterocycles. The Hall–Kier alpha value is -1.12.